The van der Waals surface area contributed by atoms with Gasteiger partial charge in [0.25, 0.3) is 0 Å². The van der Waals surface area contributed by atoms with Crippen LogP contribution in [-0.4, -0.2) is 21.4 Å². The Bertz CT molecular complexity index is 532. The molecule has 2 aromatic rings. The largest absolute Gasteiger partial charge is 0.476 e. The molecule has 18 heavy (non-hydrogen) atoms. The van der Waals surface area contributed by atoms with Crippen molar-refractivity contribution in [2.45, 2.75) is 33.7 Å². The van der Waals surface area contributed by atoms with Crippen molar-refractivity contribution >= 4 is 17.0 Å². The number of aromatic nitrogens is 3. The predicted molar refractivity (Wildman–Crippen MR) is 73.1 cm³/mol. The summed E-state index contributed by atoms with van der Waals surface area (Å²) in [5.41, 5.74) is 10.3. The van der Waals surface area contributed by atoms with Crippen LogP contribution in [0.2, 0.25) is 0 Å². The number of anilines is 1. The van der Waals surface area contributed by atoms with Crippen molar-refractivity contribution in [2.24, 2.45) is 0 Å². The second-order valence-electron chi connectivity index (χ2n) is 4.08. The molecule has 6 heteroatoms. The van der Waals surface area contributed by atoms with E-state index in [1.165, 1.54) is 4.88 Å². The molecule has 0 unspecified atom stereocenters. The zero-order chi connectivity index (χ0) is 13.1. The Balaban J connectivity index is 2.00. The second kappa shape index (κ2) is 5.39. The van der Waals surface area contributed by atoms with Gasteiger partial charge in [0.05, 0.1) is 23.5 Å². The van der Waals surface area contributed by atoms with Crippen molar-refractivity contribution in [1.29, 1.82) is 0 Å². The molecule has 2 N–H and O–H groups in total. The van der Waals surface area contributed by atoms with Crippen LogP contribution in [0.5, 0.6) is 5.88 Å². The van der Waals surface area contributed by atoms with Crippen LogP contribution in [0.15, 0.2) is 5.51 Å². The molecular formula is C12H18N4OS. The number of nitrogens with two attached hydrogens (primary N) is 1. The SMILES string of the molecule is CCn1nc(C)c(N)c1OCCc1scnc1C. The summed E-state index contributed by atoms with van der Waals surface area (Å²) in [7, 11) is 0. The van der Waals surface area contributed by atoms with Gasteiger partial charge >= 0.3 is 0 Å². The average molecular weight is 266 g/mol. The highest BCUT2D eigenvalue weighted by atomic mass is 32.1. The summed E-state index contributed by atoms with van der Waals surface area (Å²) in [4.78, 5) is 5.48. The number of hydrogen-bond donors (Lipinski definition) is 1. The van der Waals surface area contributed by atoms with Gasteiger partial charge < -0.3 is 10.5 Å². The lowest BCUT2D eigenvalue weighted by Crippen LogP contribution is -2.08. The quantitative estimate of drug-likeness (QED) is 0.900. The number of hydrogen-bond acceptors (Lipinski definition) is 5. The van der Waals surface area contributed by atoms with Gasteiger partial charge in [0.1, 0.15) is 5.69 Å². The van der Waals surface area contributed by atoms with Gasteiger partial charge in [-0.2, -0.15) is 5.10 Å². The van der Waals surface area contributed by atoms with Gasteiger partial charge in [0, 0.05) is 17.8 Å². The lowest BCUT2D eigenvalue weighted by molar-refractivity contribution is 0.290. The van der Waals surface area contributed by atoms with Gasteiger partial charge in [-0.3, -0.25) is 0 Å². The summed E-state index contributed by atoms with van der Waals surface area (Å²) in [6.07, 6.45) is 0.851. The van der Waals surface area contributed by atoms with Gasteiger partial charge in [0.2, 0.25) is 5.88 Å². The molecule has 2 aromatic heterocycles. The lowest BCUT2D eigenvalue weighted by Gasteiger charge is -2.08. The number of thiazole rings is 1. The van der Waals surface area contributed by atoms with Crippen LogP contribution >= 0.6 is 11.3 Å². The molecule has 0 aliphatic carbocycles. The summed E-state index contributed by atoms with van der Waals surface area (Å²) < 4.78 is 7.56. The minimum Gasteiger partial charge on any atom is -0.476 e. The van der Waals surface area contributed by atoms with Crippen LogP contribution < -0.4 is 10.5 Å². The van der Waals surface area contributed by atoms with Crippen LogP contribution in [-0.2, 0) is 13.0 Å². The van der Waals surface area contributed by atoms with Crippen molar-refractivity contribution in [3.63, 3.8) is 0 Å². The molecule has 0 radical (unpaired) electrons. The van der Waals surface area contributed by atoms with Crippen molar-refractivity contribution in [3.05, 3.63) is 21.8 Å². The maximum atomic E-state index is 5.95. The normalized spacial score (nSPS) is 10.8. The Morgan fingerprint density at radius 1 is 1.39 bits per heavy atom. The van der Waals surface area contributed by atoms with E-state index in [0.29, 0.717) is 18.2 Å². The fourth-order valence-corrected chi connectivity index (χ4v) is 2.51. The fourth-order valence-electron chi connectivity index (χ4n) is 1.75. The van der Waals surface area contributed by atoms with Crippen molar-refractivity contribution < 1.29 is 4.74 Å². The van der Waals surface area contributed by atoms with Crippen molar-refractivity contribution in [3.8, 4) is 5.88 Å². The second-order valence-corrected chi connectivity index (χ2v) is 5.02. The van der Waals surface area contributed by atoms with Gasteiger partial charge in [0.15, 0.2) is 0 Å². The zero-order valence-electron chi connectivity index (χ0n) is 10.9. The first-order valence-electron chi connectivity index (χ1n) is 5.98. The molecule has 2 rings (SSSR count). The molecule has 0 saturated carbocycles. The van der Waals surface area contributed by atoms with Crippen LogP contribution in [0.3, 0.4) is 0 Å². The van der Waals surface area contributed by atoms with Crippen molar-refractivity contribution in [2.75, 3.05) is 12.3 Å². The summed E-state index contributed by atoms with van der Waals surface area (Å²) >= 11 is 1.66. The highest BCUT2D eigenvalue weighted by Crippen LogP contribution is 2.25. The molecule has 98 valence electrons. The van der Waals surface area contributed by atoms with E-state index in [2.05, 4.69) is 10.1 Å². The molecule has 0 aliphatic rings. The minimum atomic E-state index is 0.596. The number of ether oxygens (including phenoxy) is 1. The lowest BCUT2D eigenvalue weighted by atomic mass is 10.3. The first kappa shape index (κ1) is 12.9. The molecule has 0 bridgehead atoms. The third-order valence-electron chi connectivity index (χ3n) is 2.84. The van der Waals surface area contributed by atoms with E-state index in [4.69, 9.17) is 10.5 Å². The van der Waals surface area contributed by atoms with Gasteiger partial charge in [-0.25, -0.2) is 9.67 Å². The summed E-state index contributed by atoms with van der Waals surface area (Å²) in [6.45, 7) is 7.28. The first-order valence-corrected chi connectivity index (χ1v) is 6.86. The fraction of sp³-hybridized carbons (Fsp3) is 0.500. The molecule has 0 spiro atoms. The van der Waals surface area contributed by atoms with Gasteiger partial charge in [-0.15, -0.1) is 11.3 Å². The monoisotopic (exact) mass is 266 g/mol. The van der Waals surface area contributed by atoms with Crippen molar-refractivity contribution in [1.82, 2.24) is 14.8 Å². The zero-order valence-corrected chi connectivity index (χ0v) is 11.8. The van der Waals surface area contributed by atoms with E-state index in [9.17, 15) is 0 Å². The Hall–Kier alpha value is -1.56. The molecule has 0 aliphatic heterocycles. The highest BCUT2D eigenvalue weighted by molar-refractivity contribution is 7.09. The third-order valence-corrected chi connectivity index (χ3v) is 3.83. The van der Waals surface area contributed by atoms with Crippen LogP contribution in [0.1, 0.15) is 23.2 Å². The number of rotatable bonds is 5. The predicted octanol–water partition coefficient (Wildman–Crippen LogP) is 2.18. The van der Waals surface area contributed by atoms with E-state index < -0.39 is 0 Å². The molecule has 5 nitrogen and oxygen atoms in total. The maximum absolute atomic E-state index is 5.95. The van der Waals surface area contributed by atoms with E-state index in [1.807, 2.05) is 26.3 Å². The molecule has 0 saturated heterocycles. The van der Waals surface area contributed by atoms with Crippen LogP contribution in [0.4, 0.5) is 5.69 Å². The van der Waals surface area contributed by atoms with E-state index in [1.54, 1.807) is 16.0 Å². The van der Waals surface area contributed by atoms with Crippen LogP contribution in [0, 0.1) is 13.8 Å². The molecular weight excluding hydrogens is 248 g/mol. The highest BCUT2D eigenvalue weighted by Gasteiger charge is 2.13. The smallest absolute Gasteiger partial charge is 0.236 e. The van der Waals surface area contributed by atoms with E-state index >= 15 is 0 Å². The Morgan fingerprint density at radius 2 is 2.17 bits per heavy atom. The van der Waals surface area contributed by atoms with Gasteiger partial charge in [-0.05, 0) is 20.8 Å². The van der Waals surface area contributed by atoms with Crippen LogP contribution in [0.25, 0.3) is 0 Å². The number of aryl methyl sites for hydroxylation is 3. The Kier molecular flexibility index (Phi) is 3.86. The topological polar surface area (TPSA) is 66.0 Å². The molecule has 0 fully saturated rings. The molecule has 0 amide bonds. The number of nitrogen functional groups attached to an aromatic ring is 1. The van der Waals surface area contributed by atoms with Gasteiger partial charge in [-0.1, -0.05) is 0 Å². The van der Waals surface area contributed by atoms with E-state index in [0.717, 1.165) is 24.4 Å². The molecule has 2 heterocycles. The molecule has 0 aromatic carbocycles. The maximum Gasteiger partial charge on any atom is 0.236 e. The standard InChI is InChI=1S/C12H18N4OS/c1-4-16-12(11(13)9(3)15-16)17-6-5-10-8(2)14-7-18-10/h7H,4-6,13H2,1-3H3. The minimum absolute atomic E-state index is 0.596. The Labute approximate surface area is 111 Å². The first-order chi connectivity index (χ1) is 8.63. The summed E-state index contributed by atoms with van der Waals surface area (Å²) in [5, 5.41) is 4.32. The summed E-state index contributed by atoms with van der Waals surface area (Å²) in [6, 6.07) is 0. The summed E-state index contributed by atoms with van der Waals surface area (Å²) in [5.74, 6) is 0.678. The molecule has 0 atom stereocenters. The van der Waals surface area contributed by atoms with E-state index in [-0.39, 0.29) is 0 Å². The Morgan fingerprint density at radius 3 is 2.78 bits per heavy atom. The third kappa shape index (κ3) is 2.48. The number of nitrogens with zero attached hydrogens (tertiary/aromatic N) is 3. The average Bonchev–Trinajstić information content (AvgIpc) is 2.87.